The molecule has 4 nitrogen and oxygen atoms in total. The fourth-order valence-corrected chi connectivity index (χ4v) is 0.951. The maximum absolute atomic E-state index is 10.2. The molecule has 11 heavy (non-hydrogen) atoms. The quantitative estimate of drug-likeness (QED) is 0.481. The molecular formula is C6H5ClN2O2. The number of hydrogen-bond donors (Lipinski definition) is 0. The molecule has 0 unspecified atom stereocenters. The summed E-state index contributed by atoms with van der Waals surface area (Å²) in [6.45, 7) is 1.77. The second kappa shape index (κ2) is 2.84. The van der Waals surface area contributed by atoms with Gasteiger partial charge in [0.2, 0.25) is 0 Å². The van der Waals surface area contributed by atoms with Gasteiger partial charge in [0.1, 0.15) is 11.2 Å². The first-order valence-corrected chi connectivity index (χ1v) is 3.25. The van der Waals surface area contributed by atoms with E-state index in [2.05, 4.69) is 4.98 Å². The van der Waals surface area contributed by atoms with E-state index in [0.717, 1.165) is 5.56 Å². The zero-order chi connectivity index (χ0) is 8.43. The van der Waals surface area contributed by atoms with E-state index in [4.69, 9.17) is 11.6 Å². The number of hydrogen-bond acceptors (Lipinski definition) is 3. The maximum atomic E-state index is 10.2. The molecule has 0 aliphatic carbocycles. The highest BCUT2D eigenvalue weighted by molar-refractivity contribution is 6.32. The molecule has 0 spiro atoms. The SMILES string of the molecule is Cc1cnc([N+](=O)[O-])c(Cl)c1. The number of pyridine rings is 1. The van der Waals surface area contributed by atoms with Crippen LogP contribution in [0, 0.1) is 17.0 Å². The van der Waals surface area contributed by atoms with Crippen molar-refractivity contribution in [3.8, 4) is 0 Å². The zero-order valence-corrected chi connectivity index (χ0v) is 6.50. The topological polar surface area (TPSA) is 56.0 Å². The summed E-state index contributed by atoms with van der Waals surface area (Å²) in [5.74, 6) is -0.294. The summed E-state index contributed by atoms with van der Waals surface area (Å²) in [4.78, 5) is 13.1. The number of aryl methyl sites for hydroxylation is 1. The van der Waals surface area contributed by atoms with Gasteiger partial charge in [-0.15, -0.1) is 0 Å². The average molecular weight is 173 g/mol. The molecule has 1 aromatic rings. The minimum absolute atomic E-state index is 0.0787. The van der Waals surface area contributed by atoms with Gasteiger partial charge < -0.3 is 10.1 Å². The summed E-state index contributed by atoms with van der Waals surface area (Å²) in [6.07, 6.45) is 1.41. The molecule has 5 heteroatoms. The molecule has 0 bridgehead atoms. The third kappa shape index (κ3) is 1.65. The van der Waals surface area contributed by atoms with Gasteiger partial charge in [-0.25, -0.2) is 0 Å². The first kappa shape index (κ1) is 7.94. The molecule has 0 radical (unpaired) electrons. The van der Waals surface area contributed by atoms with Gasteiger partial charge in [0, 0.05) is 0 Å². The molecule has 0 aliphatic rings. The summed E-state index contributed by atoms with van der Waals surface area (Å²) in [6, 6.07) is 1.51. The zero-order valence-electron chi connectivity index (χ0n) is 5.74. The molecule has 1 rings (SSSR count). The van der Waals surface area contributed by atoms with Crippen molar-refractivity contribution >= 4 is 17.4 Å². The number of rotatable bonds is 1. The number of nitro groups is 1. The highest BCUT2D eigenvalue weighted by Crippen LogP contribution is 2.21. The normalized spacial score (nSPS) is 9.64. The van der Waals surface area contributed by atoms with Crippen molar-refractivity contribution in [1.82, 2.24) is 4.98 Å². The van der Waals surface area contributed by atoms with E-state index in [9.17, 15) is 10.1 Å². The third-order valence-electron chi connectivity index (χ3n) is 1.13. The van der Waals surface area contributed by atoms with E-state index in [1.165, 1.54) is 12.3 Å². The predicted octanol–water partition coefficient (Wildman–Crippen LogP) is 1.95. The standard InChI is InChI=1S/C6H5ClN2O2/c1-4-2-5(7)6(8-3-4)9(10)11/h2-3H,1H3. The van der Waals surface area contributed by atoms with E-state index in [1.54, 1.807) is 6.92 Å². The van der Waals surface area contributed by atoms with Crippen LogP contribution in [0.15, 0.2) is 12.3 Å². The lowest BCUT2D eigenvalue weighted by Crippen LogP contribution is -1.92. The molecule has 1 heterocycles. The monoisotopic (exact) mass is 172 g/mol. The van der Waals surface area contributed by atoms with Crippen LogP contribution in [0.1, 0.15) is 5.56 Å². The Balaban J connectivity index is 3.20. The van der Waals surface area contributed by atoms with Gasteiger partial charge in [0.05, 0.1) is 0 Å². The number of nitrogens with zero attached hydrogens (tertiary/aromatic N) is 2. The van der Waals surface area contributed by atoms with Gasteiger partial charge in [0.25, 0.3) is 0 Å². The summed E-state index contributed by atoms with van der Waals surface area (Å²) in [7, 11) is 0. The van der Waals surface area contributed by atoms with E-state index in [1.807, 2.05) is 0 Å². The Labute approximate surface area is 68.0 Å². The molecular weight excluding hydrogens is 168 g/mol. The fraction of sp³-hybridized carbons (Fsp3) is 0.167. The molecule has 0 aliphatic heterocycles. The number of aromatic nitrogens is 1. The largest absolute Gasteiger partial charge is 0.382 e. The smallest absolute Gasteiger partial charge is 0.358 e. The maximum Gasteiger partial charge on any atom is 0.382 e. The summed E-state index contributed by atoms with van der Waals surface area (Å²) in [5.41, 5.74) is 0.806. The summed E-state index contributed by atoms with van der Waals surface area (Å²) >= 11 is 5.52. The van der Waals surface area contributed by atoms with Gasteiger partial charge in [-0.1, -0.05) is 11.6 Å². The van der Waals surface area contributed by atoms with Gasteiger partial charge in [-0.05, 0) is 28.5 Å². The first-order valence-electron chi connectivity index (χ1n) is 2.88. The van der Waals surface area contributed by atoms with Crippen LogP contribution in [0.3, 0.4) is 0 Å². The summed E-state index contributed by atoms with van der Waals surface area (Å²) in [5, 5.41) is 10.3. The van der Waals surface area contributed by atoms with Gasteiger partial charge in [0.15, 0.2) is 0 Å². The predicted molar refractivity (Wildman–Crippen MR) is 40.6 cm³/mol. The van der Waals surface area contributed by atoms with Crippen molar-refractivity contribution in [1.29, 1.82) is 0 Å². The molecule has 0 atom stereocenters. The molecule has 0 saturated carbocycles. The summed E-state index contributed by atoms with van der Waals surface area (Å²) < 4.78 is 0. The van der Waals surface area contributed by atoms with Crippen molar-refractivity contribution in [3.05, 3.63) is 33.0 Å². The molecule has 0 amide bonds. The van der Waals surface area contributed by atoms with Crippen LogP contribution < -0.4 is 0 Å². The lowest BCUT2D eigenvalue weighted by molar-refractivity contribution is -0.389. The lowest BCUT2D eigenvalue weighted by atomic mass is 10.3. The molecule has 0 aromatic carbocycles. The van der Waals surface area contributed by atoms with Crippen LogP contribution in [0.25, 0.3) is 0 Å². The highest BCUT2D eigenvalue weighted by atomic mass is 35.5. The van der Waals surface area contributed by atoms with E-state index < -0.39 is 4.92 Å². The Bertz CT molecular complexity index is 301. The Kier molecular flexibility index (Phi) is 2.05. The third-order valence-corrected chi connectivity index (χ3v) is 1.41. The van der Waals surface area contributed by atoms with Crippen molar-refractivity contribution in [3.63, 3.8) is 0 Å². The molecule has 58 valence electrons. The van der Waals surface area contributed by atoms with Gasteiger partial charge >= 0.3 is 5.82 Å². The first-order chi connectivity index (χ1) is 5.11. The van der Waals surface area contributed by atoms with Crippen molar-refractivity contribution in [2.24, 2.45) is 0 Å². The Morgan fingerprint density at radius 3 is 2.82 bits per heavy atom. The minimum Gasteiger partial charge on any atom is -0.358 e. The van der Waals surface area contributed by atoms with Gasteiger partial charge in [-0.3, -0.25) is 0 Å². The van der Waals surface area contributed by atoms with E-state index in [-0.39, 0.29) is 10.8 Å². The van der Waals surface area contributed by atoms with Crippen LogP contribution in [0.5, 0.6) is 0 Å². The lowest BCUT2D eigenvalue weighted by Gasteiger charge is -1.93. The fourth-order valence-electron chi connectivity index (χ4n) is 0.661. The molecule has 0 N–H and O–H groups in total. The second-order valence-electron chi connectivity index (χ2n) is 2.08. The minimum atomic E-state index is -0.609. The van der Waals surface area contributed by atoms with Crippen molar-refractivity contribution in [2.75, 3.05) is 0 Å². The Morgan fingerprint density at radius 2 is 2.36 bits per heavy atom. The van der Waals surface area contributed by atoms with Crippen LogP contribution in [-0.2, 0) is 0 Å². The average Bonchev–Trinajstić information content (AvgIpc) is 1.85. The van der Waals surface area contributed by atoms with E-state index in [0.29, 0.717) is 0 Å². The van der Waals surface area contributed by atoms with Crippen LogP contribution in [0.4, 0.5) is 5.82 Å². The molecule has 1 aromatic heterocycles. The molecule has 0 saturated heterocycles. The van der Waals surface area contributed by atoms with Crippen LogP contribution in [-0.4, -0.2) is 9.91 Å². The van der Waals surface area contributed by atoms with Crippen LogP contribution >= 0.6 is 11.6 Å². The molecule has 0 fully saturated rings. The number of halogens is 1. The Morgan fingerprint density at radius 1 is 1.73 bits per heavy atom. The van der Waals surface area contributed by atoms with Crippen molar-refractivity contribution < 1.29 is 4.92 Å². The van der Waals surface area contributed by atoms with Crippen molar-refractivity contribution in [2.45, 2.75) is 6.92 Å². The van der Waals surface area contributed by atoms with Crippen LogP contribution in [0.2, 0.25) is 5.02 Å². The second-order valence-corrected chi connectivity index (χ2v) is 2.48. The van der Waals surface area contributed by atoms with E-state index >= 15 is 0 Å². The highest BCUT2D eigenvalue weighted by Gasteiger charge is 2.12. The Hall–Kier alpha value is -1.16. The van der Waals surface area contributed by atoms with Gasteiger partial charge in [-0.2, -0.15) is 0 Å².